The number of carbonyl (C=O) groups is 1. The summed E-state index contributed by atoms with van der Waals surface area (Å²) < 4.78 is 63.0. The zero-order valence-corrected chi connectivity index (χ0v) is 14.6. The van der Waals surface area contributed by atoms with E-state index in [1.165, 1.54) is 25.4 Å². The second kappa shape index (κ2) is 10.1. The molecule has 0 saturated carbocycles. The van der Waals surface area contributed by atoms with E-state index in [0.29, 0.717) is 5.88 Å². The van der Waals surface area contributed by atoms with Crippen LogP contribution >= 0.6 is 0 Å². The topological polar surface area (TPSA) is 69.7 Å². The van der Waals surface area contributed by atoms with Crippen molar-refractivity contribution in [1.29, 1.82) is 0 Å². The average molecular weight is 400 g/mol. The number of nitrogens with one attached hydrogen (secondary N) is 1. The van der Waals surface area contributed by atoms with E-state index >= 15 is 0 Å². The quantitative estimate of drug-likeness (QED) is 0.514. The average Bonchev–Trinajstić information content (AvgIpc) is 2.65. The van der Waals surface area contributed by atoms with Gasteiger partial charge in [-0.15, -0.1) is 0 Å². The van der Waals surface area contributed by atoms with Gasteiger partial charge in [-0.2, -0.15) is 17.6 Å². The van der Waals surface area contributed by atoms with Gasteiger partial charge in [0.15, 0.2) is 0 Å². The van der Waals surface area contributed by atoms with Crippen LogP contribution in [-0.4, -0.2) is 31.2 Å². The summed E-state index contributed by atoms with van der Waals surface area (Å²) >= 11 is 0. The molecule has 2 aromatic rings. The smallest absolute Gasteiger partial charge is 0.387 e. The highest BCUT2D eigenvalue weighted by Crippen LogP contribution is 2.28. The lowest BCUT2D eigenvalue weighted by atomic mass is 10.1. The standard InChI is InChI=1S/C18H16F4N2O4/c1-26-16-8-11(6-7-23-16)10-24-15(25)5-3-12-2-4-13(27-17(19)20)9-14(12)28-18(21)22/h2-9,17-18H,10H2,1H3,(H,24,25)/b5-3+. The van der Waals surface area contributed by atoms with Gasteiger partial charge in [0.1, 0.15) is 11.5 Å². The van der Waals surface area contributed by atoms with Crippen molar-refractivity contribution in [2.45, 2.75) is 19.8 Å². The normalized spacial score (nSPS) is 11.1. The van der Waals surface area contributed by atoms with Gasteiger partial charge in [0, 0.05) is 36.5 Å². The van der Waals surface area contributed by atoms with Crippen LogP contribution in [0.1, 0.15) is 11.1 Å². The van der Waals surface area contributed by atoms with Crippen molar-refractivity contribution in [1.82, 2.24) is 10.3 Å². The van der Waals surface area contributed by atoms with Crippen molar-refractivity contribution in [2.75, 3.05) is 7.11 Å². The Morgan fingerprint density at radius 1 is 1.14 bits per heavy atom. The first kappa shape index (κ1) is 21.0. The third-order valence-electron chi connectivity index (χ3n) is 3.32. The summed E-state index contributed by atoms with van der Waals surface area (Å²) in [6, 6.07) is 6.57. The number of amides is 1. The zero-order valence-electron chi connectivity index (χ0n) is 14.6. The number of hydrogen-bond acceptors (Lipinski definition) is 5. The van der Waals surface area contributed by atoms with E-state index in [1.54, 1.807) is 12.1 Å². The Labute approximate surface area is 157 Å². The van der Waals surface area contributed by atoms with Crippen LogP contribution in [0.15, 0.2) is 42.6 Å². The van der Waals surface area contributed by atoms with Crippen LogP contribution in [0.3, 0.4) is 0 Å². The summed E-state index contributed by atoms with van der Waals surface area (Å²) in [5.74, 6) is -0.871. The van der Waals surface area contributed by atoms with Crippen molar-refractivity contribution in [2.24, 2.45) is 0 Å². The zero-order chi connectivity index (χ0) is 20.5. The first-order valence-electron chi connectivity index (χ1n) is 7.86. The third-order valence-corrected chi connectivity index (χ3v) is 3.32. The van der Waals surface area contributed by atoms with Crippen molar-refractivity contribution < 1.29 is 36.6 Å². The lowest BCUT2D eigenvalue weighted by molar-refractivity contribution is -0.116. The largest absolute Gasteiger partial charge is 0.481 e. The van der Waals surface area contributed by atoms with Crippen LogP contribution in [0.5, 0.6) is 17.4 Å². The number of ether oxygens (including phenoxy) is 3. The highest BCUT2D eigenvalue weighted by Gasteiger charge is 2.12. The molecular weight excluding hydrogens is 384 g/mol. The fourth-order valence-corrected chi connectivity index (χ4v) is 2.11. The molecule has 0 atom stereocenters. The molecule has 0 radical (unpaired) electrons. The molecule has 0 spiro atoms. The van der Waals surface area contributed by atoms with Gasteiger partial charge in [-0.1, -0.05) is 0 Å². The van der Waals surface area contributed by atoms with Crippen LogP contribution in [0, 0.1) is 0 Å². The molecule has 0 unspecified atom stereocenters. The van der Waals surface area contributed by atoms with Crippen molar-refractivity contribution in [3.63, 3.8) is 0 Å². The predicted molar refractivity (Wildman–Crippen MR) is 91.4 cm³/mol. The highest BCUT2D eigenvalue weighted by molar-refractivity contribution is 5.92. The fraction of sp³-hybridized carbons (Fsp3) is 0.222. The molecule has 6 nitrogen and oxygen atoms in total. The molecule has 10 heteroatoms. The van der Waals surface area contributed by atoms with E-state index < -0.39 is 24.9 Å². The van der Waals surface area contributed by atoms with E-state index in [4.69, 9.17) is 4.74 Å². The predicted octanol–water partition coefficient (Wildman–Crippen LogP) is 3.62. The maximum absolute atomic E-state index is 12.5. The Bertz CT molecular complexity index is 831. The summed E-state index contributed by atoms with van der Waals surface area (Å²) in [5.41, 5.74) is 0.825. The van der Waals surface area contributed by atoms with Crippen LogP contribution in [0.4, 0.5) is 17.6 Å². The summed E-state index contributed by atoms with van der Waals surface area (Å²) in [7, 11) is 1.46. The maximum atomic E-state index is 12.5. The minimum Gasteiger partial charge on any atom is -0.481 e. The van der Waals surface area contributed by atoms with Gasteiger partial charge in [0.2, 0.25) is 11.8 Å². The lowest BCUT2D eigenvalue weighted by Gasteiger charge is -2.11. The van der Waals surface area contributed by atoms with Crippen LogP contribution in [-0.2, 0) is 11.3 Å². The molecule has 1 heterocycles. The Morgan fingerprint density at radius 3 is 2.57 bits per heavy atom. The summed E-state index contributed by atoms with van der Waals surface area (Å²) in [5, 5.41) is 2.60. The number of carbonyl (C=O) groups excluding carboxylic acids is 1. The second-order valence-corrected chi connectivity index (χ2v) is 5.21. The van der Waals surface area contributed by atoms with Crippen LogP contribution in [0.2, 0.25) is 0 Å². The Balaban J connectivity index is 2.05. The number of methoxy groups -OCH3 is 1. The van der Waals surface area contributed by atoms with Gasteiger partial charge in [-0.25, -0.2) is 4.98 Å². The SMILES string of the molecule is COc1cc(CNC(=O)/C=C/c2ccc(OC(F)F)cc2OC(F)F)ccn1. The molecule has 0 bridgehead atoms. The number of hydrogen-bond donors (Lipinski definition) is 1. The van der Waals surface area contributed by atoms with Crippen molar-refractivity contribution >= 4 is 12.0 Å². The molecule has 0 fully saturated rings. The number of benzene rings is 1. The molecule has 0 aliphatic rings. The Morgan fingerprint density at radius 2 is 1.89 bits per heavy atom. The molecule has 150 valence electrons. The third kappa shape index (κ3) is 6.78. The minimum atomic E-state index is -3.18. The van der Waals surface area contributed by atoms with Crippen LogP contribution < -0.4 is 19.5 Å². The first-order valence-corrected chi connectivity index (χ1v) is 7.86. The van der Waals surface area contributed by atoms with E-state index in [1.807, 2.05) is 0 Å². The van der Waals surface area contributed by atoms with E-state index in [0.717, 1.165) is 23.8 Å². The Kier molecular flexibility index (Phi) is 7.61. The molecule has 1 aromatic carbocycles. The number of pyridine rings is 1. The Hall–Kier alpha value is -3.30. The van der Waals surface area contributed by atoms with Gasteiger partial charge >= 0.3 is 13.2 Å². The van der Waals surface area contributed by atoms with Gasteiger partial charge in [0.05, 0.1) is 7.11 Å². The number of aromatic nitrogens is 1. The molecule has 28 heavy (non-hydrogen) atoms. The number of halogens is 4. The number of alkyl halides is 4. The second-order valence-electron chi connectivity index (χ2n) is 5.21. The minimum absolute atomic E-state index is 0.0858. The van der Waals surface area contributed by atoms with E-state index in [9.17, 15) is 22.4 Å². The fourth-order valence-electron chi connectivity index (χ4n) is 2.11. The van der Waals surface area contributed by atoms with Crippen LogP contribution in [0.25, 0.3) is 6.08 Å². The highest BCUT2D eigenvalue weighted by atomic mass is 19.3. The van der Waals surface area contributed by atoms with Gasteiger partial charge in [0.25, 0.3) is 0 Å². The van der Waals surface area contributed by atoms with Gasteiger partial charge in [-0.3, -0.25) is 4.79 Å². The molecule has 1 aromatic heterocycles. The number of rotatable bonds is 9. The monoisotopic (exact) mass is 400 g/mol. The maximum Gasteiger partial charge on any atom is 0.387 e. The molecule has 1 N–H and O–H groups in total. The molecular formula is C18H16F4N2O4. The van der Waals surface area contributed by atoms with E-state index in [-0.39, 0.29) is 17.9 Å². The molecule has 2 rings (SSSR count). The molecule has 1 amide bonds. The summed E-state index contributed by atoms with van der Waals surface area (Å²) in [6.45, 7) is -6.10. The number of nitrogens with zero attached hydrogens (tertiary/aromatic N) is 1. The van der Waals surface area contributed by atoms with Gasteiger partial charge in [-0.05, 0) is 29.8 Å². The summed E-state index contributed by atoms with van der Waals surface area (Å²) in [4.78, 5) is 15.9. The van der Waals surface area contributed by atoms with E-state index in [2.05, 4.69) is 19.8 Å². The van der Waals surface area contributed by atoms with Crippen molar-refractivity contribution in [3.8, 4) is 17.4 Å². The van der Waals surface area contributed by atoms with Crippen molar-refractivity contribution in [3.05, 3.63) is 53.7 Å². The molecule has 0 saturated heterocycles. The molecule has 0 aliphatic carbocycles. The summed E-state index contributed by atoms with van der Waals surface area (Å²) in [6.07, 6.45) is 3.83. The first-order chi connectivity index (χ1) is 13.4. The van der Waals surface area contributed by atoms with Gasteiger partial charge < -0.3 is 19.5 Å². The molecule has 0 aliphatic heterocycles. The lowest BCUT2D eigenvalue weighted by Crippen LogP contribution is -2.20.